The highest BCUT2D eigenvalue weighted by Crippen LogP contribution is 2.57. The molecular formula is C13H24. The SMILES string of the molecule is CC[C@H]1CC2CC(C)(C)CC2[C@@H]1C. The zero-order valence-electron chi connectivity index (χ0n) is 9.64. The summed E-state index contributed by atoms with van der Waals surface area (Å²) in [7, 11) is 0. The van der Waals surface area contributed by atoms with Crippen molar-refractivity contribution in [2.24, 2.45) is 29.1 Å². The van der Waals surface area contributed by atoms with Crippen LogP contribution >= 0.6 is 0 Å². The molecule has 2 saturated carbocycles. The second-order valence-electron chi connectivity index (χ2n) is 6.26. The van der Waals surface area contributed by atoms with E-state index in [2.05, 4.69) is 27.7 Å². The summed E-state index contributed by atoms with van der Waals surface area (Å²) in [4.78, 5) is 0. The van der Waals surface area contributed by atoms with Crippen LogP contribution in [0.3, 0.4) is 0 Å². The monoisotopic (exact) mass is 180 g/mol. The van der Waals surface area contributed by atoms with Crippen molar-refractivity contribution >= 4 is 0 Å². The third-order valence-electron chi connectivity index (χ3n) is 4.76. The second kappa shape index (κ2) is 3.00. The zero-order valence-corrected chi connectivity index (χ0v) is 9.64. The Bertz CT molecular complexity index is 192. The average molecular weight is 180 g/mol. The summed E-state index contributed by atoms with van der Waals surface area (Å²) in [5, 5.41) is 0. The molecule has 0 bridgehead atoms. The summed E-state index contributed by atoms with van der Waals surface area (Å²) in [6.07, 6.45) is 5.94. The van der Waals surface area contributed by atoms with Crippen LogP contribution in [0.1, 0.15) is 53.4 Å². The first kappa shape index (κ1) is 9.55. The average Bonchev–Trinajstić information content (AvgIpc) is 2.47. The van der Waals surface area contributed by atoms with Crippen LogP contribution in [-0.2, 0) is 0 Å². The molecule has 2 fully saturated rings. The third-order valence-corrected chi connectivity index (χ3v) is 4.76. The van der Waals surface area contributed by atoms with E-state index in [1.807, 2.05) is 0 Å². The highest BCUT2D eigenvalue weighted by atomic mass is 14.5. The molecular weight excluding hydrogens is 156 g/mol. The van der Waals surface area contributed by atoms with Gasteiger partial charge in [0.2, 0.25) is 0 Å². The molecule has 0 nitrogen and oxygen atoms in total. The van der Waals surface area contributed by atoms with Gasteiger partial charge in [0, 0.05) is 0 Å². The number of fused-ring (bicyclic) bond motifs is 1. The maximum atomic E-state index is 2.50. The summed E-state index contributed by atoms with van der Waals surface area (Å²) < 4.78 is 0. The van der Waals surface area contributed by atoms with Crippen LogP contribution in [0, 0.1) is 29.1 Å². The lowest BCUT2D eigenvalue weighted by molar-refractivity contribution is 0.271. The van der Waals surface area contributed by atoms with Gasteiger partial charge in [0.15, 0.2) is 0 Å². The van der Waals surface area contributed by atoms with Gasteiger partial charge in [-0.2, -0.15) is 0 Å². The Morgan fingerprint density at radius 3 is 2.46 bits per heavy atom. The van der Waals surface area contributed by atoms with Crippen molar-refractivity contribution in [1.29, 1.82) is 0 Å². The highest BCUT2D eigenvalue weighted by molar-refractivity contribution is 4.97. The van der Waals surface area contributed by atoms with E-state index in [0.29, 0.717) is 5.41 Å². The second-order valence-corrected chi connectivity index (χ2v) is 6.26. The van der Waals surface area contributed by atoms with Crippen molar-refractivity contribution in [1.82, 2.24) is 0 Å². The van der Waals surface area contributed by atoms with Crippen molar-refractivity contribution in [3.05, 3.63) is 0 Å². The van der Waals surface area contributed by atoms with Crippen LogP contribution in [0.4, 0.5) is 0 Å². The van der Waals surface area contributed by atoms with Crippen LogP contribution in [0.5, 0.6) is 0 Å². The number of rotatable bonds is 1. The van der Waals surface area contributed by atoms with Gasteiger partial charge in [-0.1, -0.05) is 34.1 Å². The van der Waals surface area contributed by atoms with E-state index in [1.165, 1.54) is 25.7 Å². The molecule has 2 aliphatic carbocycles. The van der Waals surface area contributed by atoms with E-state index in [4.69, 9.17) is 0 Å². The minimum absolute atomic E-state index is 0.655. The third kappa shape index (κ3) is 1.53. The molecule has 2 unspecified atom stereocenters. The van der Waals surface area contributed by atoms with Gasteiger partial charge < -0.3 is 0 Å². The number of hydrogen-bond donors (Lipinski definition) is 0. The zero-order chi connectivity index (χ0) is 9.64. The molecule has 0 aliphatic heterocycles. The minimum atomic E-state index is 0.655. The van der Waals surface area contributed by atoms with Gasteiger partial charge >= 0.3 is 0 Å². The van der Waals surface area contributed by atoms with Gasteiger partial charge in [0.1, 0.15) is 0 Å². The molecule has 0 heteroatoms. The van der Waals surface area contributed by atoms with Gasteiger partial charge in [-0.05, 0) is 48.3 Å². The van der Waals surface area contributed by atoms with E-state index < -0.39 is 0 Å². The van der Waals surface area contributed by atoms with Gasteiger partial charge in [-0.15, -0.1) is 0 Å². The van der Waals surface area contributed by atoms with Crippen LogP contribution in [0.2, 0.25) is 0 Å². The standard InChI is InChI=1S/C13H24/c1-5-10-6-11-7-13(3,4)8-12(11)9(10)2/h9-12H,5-8H2,1-4H3/t9-,10+,11?,12?/m1/s1. The lowest BCUT2D eigenvalue weighted by atomic mass is 9.82. The van der Waals surface area contributed by atoms with Crippen LogP contribution < -0.4 is 0 Å². The fourth-order valence-electron chi connectivity index (χ4n) is 4.11. The molecule has 2 rings (SSSR count). The minimum Gasteiger partial charge on any atom is -0.0651 e. The van der Waals surface area contributed by atoms with Crippen LogP contribution in [-0.4, -0.2) is 0 Å². The fourth-order valence-corrected chi connectivity index (χ4v) is 4.11. The van der Waals surface area contributed by atoms with Crippen molar-refractivity contribution < 1.29 is 0 Å². The molecule has 0 spiro atoms. The normalized spacial score (nSPS) is 48.0. The smallest absolute Gasteiger partial charge is 0.0349 e. The van der Waals surface area contributed by atoms with Crippen molar-refractivity contribution in [3.63, 3.8) is 0 Å². The summed E-state index contributed by atoms with van der Waals surface area (Å²) in [6.45, 7) is 9.78. The van der Waals surface area contributed by atoms with Gasteiger partial charge in [0.25, 0.3) is 0 Å². The predicted octanol–water partition coefficient (Wildman–Crippen LogP) is 4.10. The number of hydrogen-bond acceptors (Lipinski definition) is 0. The van der Waals surface area contributed by atoms with Crippen molar-refractivity contribution in [3.8, 4) is 0 Å². The molecule has 0 heterocycles. The first-order valence-electron chi connectivity index (χ1n) is 6.03. The molecule has 0 saturated heterocycles. The van der Waals surface area contributed by atoms with Gasteiger partial charge in [-0.3, -0.25) is 0 Å². The lowest BCUT2D eigenvalue weighted by Crippen LogP contribution is -2.14. The molecule has 2 aliphatic rings. The Hall–Kier alpha value is 0. The molecule has 4 atom stereocenters. The molecule has 0 aromatic carbocycles. The Morgan fingerprint density at radius 1 is 1.23 bits per heavy atom. The largest absolute Gasteiger partial charge is 0.0651 e. The summed E-state index contributed by atoms with van der Waals surface area (Å²) in [5.41, 5.74) is 0.655. The van der Waals surface area contributed by atoms with Crippen molar-refractivity contribution in [2.75, 3.05) is 0 Å². The van der Waals surface area contributed by atoms with Crippen LogP contribution in [0.15, 0.2) is 0 Å². The first-order chi connectivity index (χ1) is 6.03. The Balaban J connectivity index is 2.07. The Labute approximate surface area is 83.1 Å². The summed E-state index contributed by atoms with van der Waals surface area (Å²) in [6, 6.07) is 0. The van der Waals surface area contributed by atoms with Gasteiger partial charge in [0.05, 0.1) is 0 Å². The van der Waals surface area contributed by atoms with Crippen molar-refractivity contribution in [2.45, 2.75) is 53.4 Å². The van der Waals surface area contributed by atoms with Crippen LogP contribution in [0.25, 0.3) is 0 Å². The quantitative estimate of drug-likeness (QED) is 0.570. The Morgan fingerprint density at radius 2 is 1.92 bits per heavy atom. The van der Waals surface area contributed by atoms with E-state index in [9.17, 15) is 0 Å². The topological polar surface area (TPSA) is 0 Å². The summed E-state index contributed by atoms with van der Waals surface area (Å²) in [5.74, 6) is 4.21. The maximum Gasteiger partial charge on any atom is -0.0349 e. The first-order valence-corrected chi connectivity index (χ1v) is 6.03. The molecule has 0 radical (unpaired) electrons. The van der Waals surface area contributed by atoms with E-state index in [1.54, 1.807) is 0 Å². The Kier molecular flexibility index (Phi) is 2.20. The van der Waals surface area contributed by atoms with E-state index >= 15 is 0 Å². The van der Waals surface area contributed by atoms with Gasteiger partial charge in [-0.25, -0.2) is 0 Å². The highest BCUT2D eigenvalue weighted by Gasteiger charge is 2.48. The molecule has 0 amide bonds. The molecule has 76 valence electrons. The molecule has 0 N–H and O–H groups in total. The molecule has 13 heavy (non-hydrogen) atoms. The van der Waals surface area contributed by atoms with E-state index in [0.717, 1.165) is 23.7 Å². The summed E-state index contributed by atoms with van der Waals surface area (Å²) >= 11 is 0. The maximum absolute atomic E-state index is 2.50. The fraction of sp³-hybridized carbons (Fsp3) is 1.00. The molecule has 0 aromatic rings. The predicted molar refractivity (Wildman–Crippen MR) is 57.6 cm³/mol. The lowest BCUT2D eigenvalue weighted by Gasteiger charge is -2.23. The van der Waals surface area contributed by atoms with E-state index in [-0.39, 0.29) is 0 Å². The molecule has 0 aromatic heterocycles.